The third kappa shape index (κ3) is 3.24. The van der Waals surface area contributed by atoms with Crippen LogP contribution in [0.25, 0.3) is 0 Å². The van der Waals surface area contributed by atoms with Gasteiger partial charge in [0.2, 0.25) is 0 Å². The topological polar surface area (TPSA) is 72.8 Å². The molecule has 0 radical (unpaired) electrons. The van der Waals surface area contributed by atoms with E-state index in [1.807, 2.05) is 6.92 Å². The Labute approximate surface area is 131 Å². The molecular formula is C17H24O5. The molecular weight excluding hydrogens is 284 g/mol. The highest BCUT2D eigenvalue weighted by Crippen LogP contribution is 2.43. The van der Waals surface area contributed by atoms with Gasteiger partial charge in [0.05, 0.1) is 18.6 Å². The molecule has 0 aromatic rings. The van der Waals surface area contributed by atoms with Crippen LogP contribution >= 0.6 is 0 Å². The van der Waals surface area contributed by atoms with Crippen LogP contribution in [0.3, 0.4) is 0 Å². The molecule has 1 fully saturated rings. The van der Waals surface area contributed by atoms with Crippen molar-refractivity contribution in [1.29, 1.82) is 0 Å². The van der Waals surface area contributed by atoms with Gasteiger partial charge in [0.15, 0.2) is 0 Å². The van der Waals surface area contributed by atoms with Gasteiger partial charge in [-0.25, -0.2) is 4.79 Å². The Morgan fingerprint density at radius 1 is 1.55 bits per heavy atom. The van der Waals surface area contributed by atoms with Crippen molar-refractivity contribution < 1.29 is 24.2 Å². The van der Waals surface area contributed by atoms with E-state index in [0.717, 1.165) is 24.0 Å². The van der Waals surface area contributed by atoms with Crippen molar-refractivity contribution in [2.45, 2.75) is 52.2 Å². The fourth-order valence-corrected chi connectivity index (χ4v) is 3.55. The van der Waals surface area contributed by atoms with E-state index < -0.39 is 12.1 Å². The highest BCUT2D eigenvalue weighted by Gasteiger charge is 2.47. The third-order valence-corrected chi connectivity index (χ3v) is 4.60. The van der Waals surface area contributed by atoms with Crippen LogP contribution in [0.5, 0.6) is 0 Å². The van der Waals surface area contributed by atoms with Crippen LogP contribution in [0.2, 0.25) is 0 Å². The monoisotopic (exact) mass is 308 g/mol. The Morgan fingerprint density at radius 2 is 2.23 bits per heavy atom. The number of aliphatic hydroxyl groups excluding tert-OH is 1. The molecule has 22 heavy (non-hydrogen) atoms. The van der Waals surface area contributed by atoms with E-state index in [9.17, 15) is 14.7 Å². The molecule has 1 aliphatic carbocycles. The average Bonchev–Trinajstić information content (AvgIpc) is 2.69. The zero-order valence-electron chi connectivity index (χ0n) is 13.4. The summed E-state index contributed by atoms with van der Waals surface area (Å²) >= 11 is 0. The summed E-state index contributed by atoms with van der Waals surface area (Å²) in [6.45, 7) is 9.58. The molecule has 0 saturated carbocycles. The van der Waals surface area contributed by atoms with Gasteiger partial charge in [-0.1, -0.05) is 19.1 Å². The van der Waals surface area contributed by atoms with Crippen molar-refractivity contribution in [2.75, 3.05) is 6.61 Å². The maximum Gasteiger partial charge on any atom is 0.334 e. The van der Waals surface area contributed by atoms with E-state index in [1.54, 1.807) is 0 Å². The van der Waals surface area contributed by atoms with Crippen molar-refractivity contribution in [2.24, 2.45) is 11.8 Å². The first-order valence-corrected chi connectivity index (χ1v) is 7.73. The number of rotatable bonds is 5. The lowest BCUT2D eigenvalue weighted by Gasteiger charge is -2.35. The molecule has 122 valence electrons. The van der Waals surface area contributed by atoms with E-state index in [-0.39, 0.29) is 23.9 Å². The molecule has 1 aliphatic heterocycles. The number of hydrogen-bond acceptors (Lipinski definition) is 5. The first-order chi connectivity index (χ1) is 10.3. The minimum atomic E-state index is -0.721. The highest BCUT2D eigenvalue weighted by atomic mass is 16.6. The molecule has 0 spiro atoms. The lowest BCUT2D eigenvalue weighted by molar-refractivity contribution is -0.141. The summed E-state index contributed by atoms with van der Waals surface area (Å²) in [5.41, 5.74) is 2.43. The van der Waals surface area contributed by atoms with Crippen molar-refractivity contribution in [3.63, 3.8) is 0 Å². The third-order valence-electron chi connectivity index (χ3n) is 4.60. The maximum atomic E-state index is 11.6. The molecule has 1 N–H and O–H groups in total. The molecule has 0 aromatic carbocycles. The van der Waals surface area contributed by atoms with Crippen molar-refractivity contribution in [1.82, 2.24) is 0 Å². The normalized spacial score (nSPS) is 29.2. The largest absolute Gasteiger partial charge is 0.466 e. The summed E-state index contributed by atoms with van der Waals surface area (Å²) < 4.78 is 10.2. The van der Waals surface area contributed by atoms with E-state index in [2.05, 4.69) is 13.5 Å². The molecule has 0 amide bonds. The average molecular weight is 308 g/mol. The molecule has 5 heteroatoms. The van der Waals surface area contributed by atoms with Crippen LogP contribution in [-0.2, 0) is 19.1 Å². The van der Waals surface area contributed by atoms with Crippen LogP contribution in [0.1, 0.15) is 40.0 Å². The summed E-state index contributed by atoms with van der Waals surface area (Å²) in [5, 5.41) is 10.7. The van der Waals surface area contributed by atoms with Gasteiger partial charge in [0, 0.05) is 18.9 Å². The summed E-state index contributed by atoms with van der Waals surface area (Å²) in [4.78, 5) is 22.4. The number of esters is 2. The number of carbonyl (C=O) groups is 2. The predicted octanol–water partition coefficient (Wildman–Crippen LogP) is 2.14. The van der Waals surface area contributed by atoms with Crippen LogP contribution < -0.4 is 0 Å². The Morgan fingerprint density at radius 3 is 2.86 bits per heavy atom. The number of aliphatic hydroxyl groups is 1. The van der Waals surface area contributed by atoms with Gasteiger partial charge in [-0.3, -0.25) is 4.79 Å². The Kier molecular flexibility index (Phi) is 5.06. The van der Waals surface area contributed by atoms with Crippen LogP contribution in [0, 0.1) is 11.8 Å². The van der Waals surface area contributed by atoms with E-state index in [1.165, 1.54) is 6.92 Å². The van der Waals surface area contributed by atoms with Crippen LogP contribution in [0.15, 0.2) is 23.3 Å². The molecule has 0 aromatic heterocycles. The molecule has 1 saturated heterocycles. The standard InChI is InChI=1S/C17H24O5/c1-9(6-5-7-21-12(4)18)14-10(2)8-13-15(16(14)19)11(3)17(20)22-13/h9,13,15-16,19H,3,5-8H2,1-2,4H3/t9-,13+,15+,16-/m0/s1. The van der Waals surface area contributed by atoms with Gasteiger partial charge in [-0.2, -0.15) is 0 Å². The van der Waals surface area contributed by atoms with E-state index in [4.69, 9.17) is 9.47 Å². The second kappa shape index (κ2) is 6.65. The number of carbonyl (C=O) groups excluding carboxylic acids is 2. The molecule has 1 heterocycles. The van der Waals surface area contributed by atoms with Gasteiger partial charge in [-0.05, 0) is 31.3 Å². The highest BCUT2D eigenvalue weighted by molar-refractivity contribution is 5.91. The molecule has 2 rings (SSSR count). The quantitative estimate of drug-likeness (QED) is 0.364. The number of fused-ring (bicyclic) bond motifs is 1. The Hall–Kier alpha value is -1.62. The van der Waals surface area contributed by atoms with Gasteiger partial charge >= 0.3 is 11.9 Å². The molecule has 0 bridgehead atoms. The van der Waals surface area contributed by atoms with Gasteiger partial charge < -0.3 is 14.6 Å². The smallest absolute Gasteiger partial charge is 0.334 e. The second-order valence-electron chi connectivity index (χ2n) is 6.26. The summed E-state index contributed by atoms with van der Waals surface area (Å²) in [7, 11) is 0. The molecule has 2 aliphatic rings. The summed E-state index contributed by atoms with van der Waals surface area (Å²) in [5.74, 6) is -0.843. The first-order valence-electron chi connectivity index (χ1n) is 7.73. The summed E-state index contributed by atoms with van der Waals surface area (Å²) in [6.07, 6.45) is 1.20. The maximum absolute atomic E-state index is 11.6. The fourth-order valence-electron chi connectivity index (χ4n) is 3.55. The SMILES string of the molecule is C=C1C(=O)O[C@@H]2CC(C)=C([C@@H](C)CCCOC(C)=O)[C@H](O)[C@H]12. The predicted molar refractivity (Wildman–Crippen MR) is 80.9 cm³/mol. The zero-order valence-corrected chi connectivity index (χ0v) is 13.4. The van der Waals surface area contributed by atoms with Gasteiger partial charge in [0.1, 0.15) is 6.10 Å². The lowest BCUT2D eigenvalue weighted by atomic mass is 9.73. The van der Waals surface area contributed by atoms with Crippen LogP contribution in [-0.4, -0.2) is 35.9 Å². The fraction of sp³-hybridized carbons (Fsp3) is 0.647. The zero-order chi connectivity index (χ0) is 16.4. The number of ether oxygens (including phenoxy) is 2. The van der Waals surface area contributed by atoms with Crippen molar-refractivity contribution >= 4 is 11.9 Å². The van der Waals surface area contributed by atoms with Crippen molar-refractivity contribution in [3.05, 3.63) is 23.3 Å². The second-order valence-corrected chi connectivity index (χ2v) is 6.26. The molecule has 5 nitrogen and oxygen atoms in total. The van der Waals surface area contributed by atoms with Crippen molar-refractivity contribution in [3.8, 4) is 0 Å². The minimum Gasteiger partial charge on any atom is -0.466 e. The number of hydrogen-bond donors (Lipinski definition) is 1. The van der Waals surface area contributed by atoms with E-state index >= 15 is 0 Å². The van der Waals surface area contributed by atoms with Gasteiger partial charge in [-0.15, -0.1) is 0 Å². The van der Waals surface area contributed by atoms with E-state index in [0.29, 0.717) is 18.6 Å². The lowest BCUT2D eigenvalue weighted by Crippen LogP contribution is -2.37. The van der Waals surface area contributed by atoms with Gasteiger partial charge in [0.25, 0.3) is 0 Å². The minimum absolute atomic E-state index is 0.162. The summed E-state index contributed by atoms with van der Waals surface area (Å²) in [6, 6.07) is 0. The first kappa shape index (κ1) is 16.7. The van der Waals surface area contributed by atoms with Crippen LogP contribution in [0.4, 0.5) is 0 Å². The molecule has 0 unspecified atom stereocenters. The Balaban J connectivity index is 2.03. The Bertz CT molecular complexity index is 519. The molecule has 4 atom stereocenters.